The summed E-state index contributed by atoms with van der Waals surface area (Å²) in [4.78, 5) is 17.2. The van der Waals surface area contributed by atoms with E-state index in [4.69, 9.17) is 4.74 Å². The lowest BCUT2D eigenvalue weighted by Gasteiger charge is -2.25. The van der Waals surface area contributed by atoms with E-state index in [-0.39, 0.29) is 18.6 Å². The summed E-state index contributed by atoms with van der Waals surface area (Å²) in [5.41, 5.74) is 2.11. The predicted octanol–water partition coefficient (Wildman–Crippen LogP) is 2.13. The van der Waals surface area contributed by atoms with E-state index in [2.05, 4.69) is 26.7 Å². The summed E-state index contributed by atoms with van der Waals surface area (Å²) in [5.74, 6) is 2.80. The van der Waals surface area contributed by atoms with E-state index in [1.54, 1.807) is 0 Å². The number of amides is 1. The van der Waals surface area contributed by atoms with Crippen LogP contribution in [0.3, 0.4) is 0 Å². The molecule has 1 amide bonds. The summed E-state index contributed by atoms with van der Waals surface area (Å²) in [7, 11) is 2.13. The molecule has 2 aromatic rings. The molecule has 2 aliphatic heterocycles. The highest BCUT2D eigenvalue weighted by molar-refractivity contribution is 5.78. The molecule has 0 radical (unpaired) electrons. The Morgan fingerprint density at radius 1 is 1.14 bits per heavy atom. The summed E-state index contributed by atoms with van der Waals surface area (Å²) in [6.07, 6.45) is 2.82. The number of ether oxygens (including phenoxy) is 1. The smallest absolute Gasteiger partial charge is 0.261 e. The lowest BCUT2D eigenvalue weighted by Crippen LogP contribution is -2.36. The van der Waals surface area contributed by atoms with Gasteiger partial charge in [-0.15, -0.1) is 10.2 Å². The molecule has 7 nitrogen and oxygen atoms in total. The van der Waals surface area contributed by atoms with Gasteiger partial charge < -0.3 is 19.1 Å². The van der Waals surface area contributed by atoms with E-state index in [9.17, 15) is 4.79 Å². The van der Waals surface area contributed by atoms with Crippen molar-refractivity contribution in [3.63, 3.8) is 0 Å². The van der Waals surface area contributed by atoms with Crippen molar-refractivity contribution in [1.29, 1.82) is 0 Å². The molecule has 0 unspecified atom stereocenters. The van der Waals surface area contributed by atoms with Crippen LogP contribution in [-0.2, 0) is 17.8 Å². The maximum absolute atomic E-state index is 13.0. The van der Waals surface area contributed by atoms with Crippen LogP contribution in [0.2, 0.25) is 0 Å². The average Bonchev–Trinajstić information content (AvgIpc) is 3.26. The van der Waals surface area contributed by atoms with Gasteiger partial charge in [0, 0.05) is 32.6 Å². The number of likely N-dealkylation sites (N-methyl/N-ethyl adjacent to an activating group) is 1. The summed E-state index contributed by atoms with van der Waals surface area (Å²) < 4.78 is 8.14. The summed E-state index contributed by atoms with van der Waals surface area (Å²) in [6.45, 7) is 7.69. The number of nitrogens with zero attached hydrogens (tertiary/aromatic N) is 5. The molecule has 1 aromatic heterocycles. The normalized spacial score (nSPS) is 20.1. The van der Waals surface area contributed by atoms with E-state index >= 15 is 0 Å². The Kier molecular flexibility index (Phi) is 5.35. The molecular weight excluding hydrogens is 354 g/mol. The van der Waals surface area contributed by atoms with Crippen molar-refractivity contribution >= 4 is 5.91 Å². The first-order valence-corrected chi connectivity index (χ1v) is 10.1. The van der Waals surface area contributed by atoms with Crippen molar-refractivity contribution in [1.82, 2.24) is 24.6 Å². The van der Waals surface area contributed by atoms with Gasteiger partial charge in [-0.1, -0.05) is 18.2 Å². The van der Waals surface area contributed by atoms with E-state index in [1.165, 1.54) is 0 Å². The van der Waals surface area contributed by atoms with E-state index in [0.29, 0.717) is 0 Å². The number of carbonyl (C=O) groups excluding carboxylic acids is 1. The van der Waals surface area contributed by atoms with Crippen LogP contribution in [0.5, 0.6) is 5.75 Å². The number of aryl methyl sites for hydroxylation is 2. The fourth-order valence-corrected chi connectivity index (χ4v) is 4.27. The van der Waals surface area contributed by atoms with Crippen LogP contribution in [0.4, 0.5) is 0 Å². The molecule has 4 rings (SSSR count). The highest BCUT2D eigenvalue weighted by atomic mass is 16.5. The van der Waals surface area contributed by atoms with Crippen LogP contribution in [0.25, 0.3) is 0 Å². The topological polar surface area (TPSA) is 63.5 Å². The number of rotatable bonds is 4. The van der Waals surface area contributed by atoms with Crippen molar-refractivity contribution in [2.24, 2.45) is 0 Å². The van der Waals surface area contributed by atoms with Crippen molar-refractivity contribution in [2.45, 2.75) is 45.7 Å². The van der Waals surface area contributed by atoms with Crippen LogP contribution in [0, 0.1) is 13.8 Å². The minimum atomic E-state index is -0.00118. The zero-order chi connectivity index (χ0) is 19.7. The number of fused-ring (bicyclic) bond motifs is 1. The molecule has 3 heterocycles. The Balaban J connectivity index is 1.48. The lowest BCUT2D eigenvalue weighted by atomic mass is 10.1. The van der Waals surface area contributed by atoms with Gasteiger partial charge in [-0.25, -0.2) is 0 Å². The minimum absolute atomic E-state index is 0.00118. The number of benzene rings is 1. The third kappa shape index (κ3) is 3.63. The number of hydrogen-bond acceptors (Lipinski definition) is 5. The molecule has 1 fully saturated rings. The molecule has 1 aromatic carbocycles. The Labute approximate surface area is 166 Å². The number of likely N-dealkylation sites (tertiary alicyclic amines) is 1. The van der Waals surface area contributed by atoms with Crippen LogP contribution < -0.4 is 4.74 Å². The molecule has 7 heteroatoms. The summed E-state index contributed by atoms with van der Waals surface area (Å²) in [5, 5.41) is 8.91. The zero-order valence-corrected chi connectivity index (χ0v) is 17.0. The second-order valence-electron chi connectivity index (χ2n) is 7.93. The van der Waals surface area contributed by atoms with E-state index < -0.39 is 0 Å². The molecule has 1 saturated heterocycles. The van der Waals surface area contributed by atoms with Crippen molar-refractivity contribution in [3.05, 3.63) is 41.0 Å². The zero-order valence-electron chi connectivity index (χ0n) is 17.0. The van der Waals surface area contributed by atoms with Crippen molar-refractivity contribution in [2.75, 3.05) is 33.3 Å². The molecule has 0 bridgehead atoms. The Hall–Kier alpha value is -2.41. The number of hydrogen-bond donors (Lipinski definition) is 0. The first-order valence-electron chi connectivity index (χ1n) is 10.1. The SMILES string of the molecule is Cc1cccc(C)c1OCC(=O)N1CCC[C@@H]1c1nnc2n1CCN(C)CC2. The largest absolute Gasteiger partial charge is 0.483 e. The number of carbonyl (C=O) groups is 1. The van der Waals surface area contributed by atoms with Gasteiger partial charge in [0.25, 0.3) is 5.91 Å². The van der Waals surface area contributed by atoms with Gasteiger partial charge in [0.1, 0.15) is 11.6 Å². The lowest BCUT2D eigenvalue weighted by molar-refractivity contribution is -0.134. The van der Waals surface area contributed by atoms with Gasteiger partial charge in [-0.3, -0.25) is 4.79 Å². The first-order chi connectivity index (χ1) is 13.5. The third-order valence-corrected chi connectivity index (χ3v) is 5.90. The van der Waals surface area contributed by atoms with Crippen LogP contribution in [-0.4, -0.2) is 63.8 Å². The highest BCUT2D eigenvalue weighted by Gasteiger charge is 2.34. The van der Waals surface area contributed by atoms with Crippen LogP contribution in [0.15, 0.2) is 18.2 Å². The van der Waals surface area contributed by atoms with Gasteiger partial charge in [0.15, 0.2) is 12.4 Å². The molecule has 2 aliphatic rings. The maximum Gasteiger partial charge on any atom is 0.261 e. The Bertz CT molecular complexity index is 842. The van der Waals surface area contributed by atoms with Gasteiger partial charge in [0.2, 0.25) is 0 Å². The highest BCUT2D eigenvalue weighted by Crippen LogP contribution is 2.32. The van der Waals surface area contributed by atoms with E-state index in [0.717, 1.165) is 74.0 Å². The molecule has 0 N–H and O–H groups in total. The quantitative estimate of drug-likeness (QED) is 0.809. The molecule has 150 valence electrons. The summed E-state index contributed by atoms with van der Waals surface area (Å²) >= 11 is 0. The Morgan fingerprint density at radius 3 is 2.71 bits per heavy atom. The predicted molar refractivity (Wildman–Crippen MR) is 106 cm³/mol. The molecular formula is C21H29N5O2. The van der Waals surface area contributed by atoms with Gasteiger partial charge >= 0.3 is 0 Å². The molecule has 0 aliphatic carbocycles. The summed E-state index contributed by atoms with van der Waals surface area (Å²) in [6, 6.07) is 6.02. The van der Waals surface area contributed by atoms with Crippen LogP contribution in [0.1, 0.15) is 41.7 Å². The first kappa shape index (κ1) is 18.9. The van der Waals surface area contributed by atoms with Gasteiger partial charge in [0.05, 0.1) is 6.04 Å². The third-order valence-electron chi connectivity index (χ3n) is 5.90. The molecule has 1 atom stereocenters. The fraction of sp³-hybridized carbons (Fsp3) is 0.571. The second-order valence-corrected chi connectivity index (χ2v) is 7.93. The molecule has 0 saturated carbocycles. The van der Waals surface area contributed by atoms with E-state index in [1.807, 2.05) is 36.9 Å². The van der Waals surface area contributed by atoms with Gasteiger partial charge in [-0.05, 0) is 44.9 Å². The van der Waals surface area contributed by atoms with Crippen LogP contribution >= 0.6 is 0 Å². The minimum Gasteiger partial charge on any atom is -0.483 e. The molecule has 0 spiro atoms. The number of para-hydroxylation sites is 1. The second kappa shape index (κ2) is 7.91. The number of aromatic nitrogens is 3. The molecule has 28 heavy (non-hydrogen) atoms. The van der Waals surface area contributed by atoms with Crippen molar-refractivity contribution in [3.8, 4) is 5.75 Å². The fourth-order valence-electron chi connectivity index (χ4n) is 4.27. The van der Waals surface area contributed by atoms with Crippen molar-refractivity contribution < 1.29 is 9.53 Å². The van der Waals surface area contributed by atoms with Gasteiger partial charge in [-0.2, -0.15) is 0 Å². The average molecular weight is 383 g/mol. The monoisotopic (exact) mass is 383 g/mol. The Morgan fingerprint density at radius 2 is 1.93 bits per heavy atom. The standard InChI is InChI=1S/C21H29N5O2/c1-15-6-4-7-16(2)20(15)28-14-19(27)25-10-5-8-17(25)21-23-22-18-9-11-24(3)12-13-26(18)21/h4,6-7,17H,5,8-14H2,1-3H3/t17-/m1/s1. The maximum atomic E-state index is 13.0.